The van der Waals surface area contributed by atoms with Gasteiger partial charge in [-0.1, -0.05) is 12.1 Å². The highest BCUT2D eigenvalue weighted by Crippen LogP contribution is 2.10. The van der Waals surface area contributed by atoms with Crippen molar-refractivity contribution in [3.05, 3.63) is 47.7 Å². The van der Waals surface area contributed by atoms with Crippen LogP contribution in [0, 0.1) is 0 Å². The second-order valence-corrected chi connectivity index (χ2v) is 4.06. The first kappa shape index (κ1) is 13.8. The number of carbonyl (C=O) groups is 1. The molecule has 2 rings (SSSR count). The van der Waals surface area contributed by atoms with E-state index in [9.17, 15) is 4.79 Å². The Labute approximate surface area is 117 Å². The molecule has 0 atom stereocenters. The number of amides is 1. The maximum Gasteiger partial charge on any atom is 0.251 e. The Balaban J connectivity index is 2.05. The Hall–Kier alpha value is -2.63. The Morgan fingerprint density at radius 2 is 2.20 bits per heavy atom. The van der Waals surface area contributed by atoms with Crippen molar-refractivity contribution in [3.8, 4) is 5.88 Å². The van der Waals surface area contributed by atoms with Gasteiger partial charge in [0.25, 0.3) is 5.91 Å². The third-order valence-corrected chi connectivity index (χ3v) is 2.71. The second kappa shape index (κ2) is 6.51. The van der Waals surface area contributed by atoms with E-state index in [-0.39, 0.29) is 5.91 Å². The SMILES string of the molecule is CNC(=O)c1cccc(CNc2nccc(OC)n2)c1. The Morgan fingerprint density at radius 1 is 1.35 bits per heavy atom. The predicted molar refractivity (Wildman–Crippen MR) is 75.7 cm³/mol. The van der Waals surface area contributed by atoms with E-state index < -0.39 is 0 Å². The van der Waals surface area contributed by atoms with Crippen molar-refractivity contribution in [3.63, 3.8) is 0 Å². The topological polar surface area (TPSA) is 76.1 Å². The number of hydrogen-bond donors (Lipinski definition) is 2. The average molecular weight is 272 g/mol. The van der Waals surface area contributed by atoms with Gasteiger partial charge in [0.2, 0.25) is 11.8 Å². The lowest BCUT2D eigenvalue weighted by Crippen LogP contribution is -2.18. The fourth-order valence-electron chi connectivity index (χ4n) is 1.69. The number of carbonyl (C=O) groups excluding carboxylic acids is 1. The van der Waals surface area contributed by atoms with Crippen molar-refractivity contribution in [2.75, 3.05) is 19.5 Å². The normalized spacial score (nSPS) is 9.90. The highest BCUT2D eigenvalue weighted by atomic mass is 16.5. The van der Waals surface area contributed by atoms with Crippen LogP contribution in [0.4, 0.5) is 5.95 Å². The first-order valence-corrected chi connectivity index (χ1v) is 6.15. The van der Waals surface area contributed by atoms with Gasteiger partial charge >= 0.3 is 0 Å². The van der Waals surface area contributed by atoms with Crippen LogP contribution in [0.5, 0.6) is 5.88 Å². The molecule has 0 fully saturated rings. The largest absolute Gasteiger partial charge is 0.481 e. The molecular formula is C14H16N4O2. The third-order valence-electron chi connectivity index (χ3n) is 2.71. The maximum atomic E-state index is 11.6. The molecule has 2 N–H and O–H groups in total. The highest BCUT2D eigenvalue weighted by Gasteiger charge is 2.04. The molecule has 1 aromatic carbocycles. The van der Waals surface area contributed by atoms with E-state index in [4.69, 9.17) is 4.74 Å². The standard InChI is InChI=1S/C14H16N4O2/c1-15-13(19)11-5-3-4-10(8-11)9-17-14-16-7-6-12(18-14)20-2/h3-8H,9H2,1-2H3,(H,15,19)(H,16,17,18). The van der Waals surface area contributed by atoms with Crippen molar-refractivity contribution in [1.82, 2.24) is 15.3 Å². The summed E-state index contributed by atoms with van der Waals surface area (Å²) < 4.78 is 5.03. The van der Waals surface area contributed by atoms with Crippen LogP contribution < -0.4 is 15.4 Å². The summed E-state index contributed by atoms with van der Waals surface area (Å²) in [5.74, 6) is 0.876. The minimum Gasteiger partial charge on any atom is -0.481 e. The number of ether oxygens (including phenoxy) is 1. The monoisotopic (exact) mass is 272 g/mol. The number of benzene rings is 1. The summed E-state index contributed by atoms with van der Waals surface area (Å²) in [7, 11) is 3.16. The van der Waals surface area contributed by atoms with Crippen LogP contribution in [-0.4, -0.2) is 30.0 Å². The van der Waals surface area contributed by atoms with Crippen LogP contribution in [0.2, 0.25) is 0 Å². The molecule has 1 aromatic heterocycles. The molecule has 0 aliphatic rings. The van der Waals surface area contributed by atoms with E-state index in [1.165, 1.54) is 0 Å². The minimum atomic E-state index is -0.107. The molecule has 2 aromatic rings. The smallest absolute Gasteiger partial charge is 0.251 e. The summed E-state index contributed by atoms with van der Waals surface area (Å²) in [5, 5.41) is 5.68. The molecule has 0 unspecified atom stereocenters. The summed E-state index contributed by atoms with van der Waals surface area (Å²) in [6, 6.07) is 9.04. The molecule has 0 aliphatic heterocycles. The average Bonchev–Trinajstić information content (AvgIpc) is 2.52. The predicted octanol–water partition coefficient (Wildman–Crippen LogP) is 1.46. The van der Waals surface area contributed by atoms with Crippen LogP contribution >= 0.6 is 0 Å². The van der Waals surface area contributed by atoms with Crippen molar-refractivity contribution in [1.29, 1.82) is 0 Å². The summed E-state index contributed by atoms with van der Waals surface area (Å²) in [5.41, 5.74) is 1.59. The van der Waals surface area contributed by atoms with E-state index in [1.54, 1.807) is 32.5 Å². The number of nitrogens with zero attached hydrogens (tertiary/aromatic N) is 2. The minimum absolute atomic E-state index is 0.107. The van der Waals surface area contributed by atoms with Gasteiger partial charge in [-0.05, 0) is 17.7 Å². The van der Waals surface area contributed by atoms with Crippen LogP contribution in [0.1, 0.15) is 15.9 Å². The fourth-order valence-corrected chi connectivity index (χ4v) is 1.69. The summed E-state index contributed by atoms with van der Waals surface area (Å²) in [6.45, 7) is 0.526. The van der Waals surface area contributed by atoms with E-state index >= 15 is 0 Å². The van der Waals surface area contributed by atoms with Crippen molar-refractivity contribution in [2.24, 2.45) is 0 Å². The van der Waals surface area contributed by atoms with Gasteiger partial charge in [-0.15, -0.1) is 0 Å². The van der Waals surface area contributed by atoms with Gasteiger partial charge in [-0.25, -0.2) is 4.98 Å². The maximum absolute atomic E-state index is 11.6. The van der Waals surface area contributed by atoms with Crippen molar-refractivity contribution >= 4 is 11.9 Å². The number of methoxy groups -OCH3 is 1. The Morgan fingerprint density at radius 3 is 2.95 bits per heavy atom. The van der Waals surface area contributed by atoms with Gasteiger partial charge < -0.3 is 15.4 Å². The van der Waals surface area contributed by atoms with Crippen LogP contribution in [-0.2, 0) is 6.54 Å². The van der Waals surface area contributed by atoms with Gasteiger partial charge in [-0.3, -0.25) is 4.79 Å². The van der Waals surface area contributed by atoms with Gasteiger partial charge in [0, 0.05) is 31.4 Å². The van der Waals surface area contributed by atoms with Crippen LogP contribution in [0.15, 0.2) is 36.5 Å². The zero-order chi connectivity index (χ0) is 14.4. The van der Waals surface area contributed by atoms with Crippen LogP contribution in [0.25, 0.3) is 0 Å². The Kier molecular flexibility index (Phi) is 4.49. The fraction of sp³-hybridized carbons (Fsp3) is 0.214. The summed E-state index contributed by atoms with van der Waals surface area (Å²) in [6.07, 6.45) is 1.62. The molecule has 1 heterocycles. The molecule has 0 saturated heterocycles. The second-order valence-electron chi connectivity index (χ2n) is 4.06. The Bertz CT molecular complexity index is 601. The molecule has 6 heteroatoms. The van der Waals surface area contributed by atoms with Gasteiger partial charge in [0.15, 0.2) is 0 Å². The number of nitrogens with one attached hydrogen (secondary N) is 2. The van der Waals surface area contributed by atoms with Crippen molar-refractivity contribution < 1.29 is 9.53 Å². The molecule has 0 aliphatic carbocycles. The molecule has 0 spiro atoms. The molecule has 6 nitrogen and oxygen atoms in total. The molecule has 0 bridgehead atoms. The van der Waals surface area contributed by atoms with Crippen molar-refractivity contribution in [2.45, 2.75) is 6.54 Å². The van der Waals surface area contributed by atoms with Crippen LogP contribution in [0.3, 0.4) is 0 Å². The lowest BCUT2D eigenvalue weighted by molar-refractivity contribution is 0.0963. The van der Waals surface area contributed by atoms with Gasteiger partial charge in [0.05, 0.1) is 7.11 Å². The molecular weight excluding hydrogens is 256 g/mol. The third kappa shape index (κ3) is 3.44. The first-order valence-electron chi connectivity index (χ1n) is 6.15. The molecule has 0 radical (unpaired) electrons. The van der Waals surface area contributed by atoms with E-state index in [0.717, 1.165) is 5.56 Å². The van der Waals surface area contributed by atoms with Gasteiger partial charge in [-0.2, -0.15) is 4.98 Å². The van der Waals surface area contributed by atoms with E-state index in [1.807, 2.05) is 18.2 Å². The van der Waals surface area contributed by atoms with E-state index in [2.05, 4.69) is 20.6 Å². The lowest BCUT2D eigenvalue weighted by atomic mass is 10.1. The molecule has 0 saturated carbocycles. The number of rotatable bonds is 5. The van der Waals surface area contributed by atoms with E-state index in [0.29, 0.717) is 23.9 Å². The number of anilines is 1. The highest BCUT2D eigenvalue weighted by molar-refractivity contribution is 5.94. The molecule has 104 valence electrons. The first-order chi connectivity index (χ1) is 9.72. The van der Waals surface area contributed by atoms with Gasteiger partial charge in [0.1, 0.15) is 0 Å². The summed E-state index contributed by atoms with van der Waals surface area (Å²) in [4.78, 5) is 19.8. The quantitative estimate of drug-likeness (QED) is 0.861. The molecule has 1 amide bonds. The summed E-state index contributed by atoms with van der Waals surface area (Å²) >= 11 is 0. The molecule has 20 heavy (non-hydrogen) atoms. The zero-order valence-electron chi connectivity index (χ0n) is 11.4. The lowest BCUT2D eigenvalue weighted by Gasteiger charge is -2.07. The zero-order valence-corrected chi connectivity index (χ0v) is 11.4. The number of hydrogen-bond acceptors (Lipinski definition) is 5. The number of aromatic nitrogens is 2.